The molecule has 0 saturated heterocycles. The van der Waals surface area contributed by atoms with E-state index in [0.717, 1.165) is 23.6 Å². The fraction of sp³-hybridized carbons (Fsp3) is 0.238. The molecular formula is C21H24N4. The second kappa shape index (κ2) is 8.29. The average Bonchev–Trinajstić information content (AvgIpc) is 2.67. The first-order valence-corrected chi connectivity index (χ1v) is 8.70. The molecule has 0 spiro atoms. The maximum atomic E-state index is 4.73. The molecule has 0 aliphatic rings. The largest absolute Gasteiger partial charge is 0.357 e. The summed E-state index contributed by atoms with van der Waals surface area (Å²) in [4.78, 5) is 9.24. The van der Waals surface area contributed by atoms with E-state index in [9.17, 15) is 0 Å². The van der Waals surface area contributed by atoms with Gasteiger partial charge in [-0.2, -0.15) is 0 Å². The third-order valence-corrected chi connectivity index (χ3v) is 4.14. The standard InChI is InChI=1S/C21H24N4/c1-3-22-21(25-16(2)17-9-5-4-6-10-17)24-15-20-19-12-8-7-11-18(19)13-14-23-20/h4-14,16H,3,15H2,1-2H3,(H2,22,24,25). The molecule has 0 saturated carbocycles. The average molecular weight is 332 g/mol. The molecule has 128 valence electrons. The Hall–Kier alpha value is -2.88. The number of benzene rings is 2. The summed E-state index contributed by atoms with van der Waals surface area (Å²) < 4.78 is 0. The van der Waals surface area contributed by atoms with Gasteiger partial charge >= 0.3 is 0 Å². The fourth-order valence-corrected chi connectivity index (χ4v) is 2.81. The molecule has 0 radical (unpaired) electrons. The highest BCUT2D eigenvalue weighted by atomic mass is 15.2. The van der Waals surface area contributed by atoms with E-state index in [4.69, 9.17) is 4.99 Å². The van der Waals surface area contributed by atoms with Crippen LogP contribution in [0, 0.1) is 0 Å². The first-order valence-electron chi connectivity index (χ1n) is 8.70. The summed E-state index contributed by atoms with van der Waals surface area (Å²) in [5, 5.41) is 9.12. The van der Waals surface area contributed by atoms with Gasteiger partial charge in [0.25, 0.3) is 0 Å². The number of nitrogens with zero attached hydrogens (tertiary/aromatic N) is 2. The number of hydrogen-bond acceptors (Lipinski definition) is 2. The Kier molecular flexibility index (Phi) is 5.62. The summed E-state index contributed by atoms with van der Waals surface area (Å²) in [6, 6.07) is 20.9. The van der Waals surface area contributed by atoms with Crippen molar-refractivity contribution in [2.45, 2.75) is 26.4 Å². The zero-order valence-corrected chi connectivity index (χ0v) is 14.7. The van der Waals surface area contributed by atoms with Crippen LogP contribution in [0.25, 0.3) is 10.8 Å². The monoisotopic (exact) mass is 332 g/mol. The minimum Gasteiger partial charge on any atom is -0.357 e. The van der Waals surface area contributed by atoms with E-state index in [1.54, 1.807) is 0 Å². The zero-order chi connectivity index (χ0) is 17.5. The molecule has 25 heavy (non-hydrogen) atoms. The molecule has 0 aliphatic carbocycles. The third kappa shape index (κ3) is 4.35. The van der Waals surface area contributed by atoms with Crippen LogP contribution < -0.4 is 10.6 Å². The third-order valence-electron chi connectivity index (χ3n) is 4.14. The molecule has 4 heteroatoms. The smallest absolute Gasteiger partial charge is 0.192 e. The lowest BCUT2D eigenvalue weighted by Gasteiger charge is -2.18. The summed E-state index contributed by atoms with van der Waals surface area (Å²) in [5.41, 5.74) is 2.22. The van der Waals surface area contributed by atoms with Crippen LogP contribution in [-0.4, -0.2) is 17.5 Å². The summed E-state index contributed by atoms with van der Waals surface area (Å²) in [6.07, 6.45) is 1.85. The first-order chi connectivity index (χ1) is 12.3. The van der Waals surface area contributed by atoms with Gasteiger partial charge in [0.05, 0.1) is 18.3 Å². The van der Waals surface area contributed by atoms with Crippen molar-refractivity contribution >= 4 is 16.7 Å². The topological polar surface area (TPSA) is 49.3 Å². The van der Waals surface area contributed by atoms with Crippen molar-refractivity contribution < 1.29 is 0 Å². The predicted octanol–water partition coefficient (Wildman–Crippen LogP) is 4.05. The number of hydrogen-bond donors (Lipinski definition) is 2. The van der Waals surface area contributed by atoms with Crippen molar-refractivity contribution in [3.05, 3.63) is 78.1 Å². The molecule has 1 heterocycles. The molecule has 0 bridgehead atoms. The lowest BCUT2D eigenvalue weighted by molar-refractivity contribution is 0.686. The van der Waals surface area contributed by atoms with Crippen LogP contribution in [0.3, 0.4) is 0 Å². The Morgan fingerprint density at radius 1 is 1.04 bits per heavy atom. The highest BCUT2D eigenvalue weighted by Crippen LogP contribution is 2.17. The second-order valence-electron chi connectivity index (χ2n) is 5.95. The minimum absolute atomic E-state index is 0.180. The Morgan fingerprint density at radius 3 is 2.60 bits per heavy atom. The van der Waals surface area contributed by atoms with Gasteiger partial charge in [0, 0.05) is 18.1 Å². The van der Waals surface area contributed by atoms with Gasteiger partial charge in [-0.25, -0.2) is 4.99 Å². The van der Waals surface area contributed by atoms with E-state index in [-0.39, 0.29) is 6.04 Å². The van der Waals surface area contributed by atoms with E-state index in [2.05, 4.69) is 65.9 Å². The van der Waals surface area contributed by atoms with E-state index >= 15 is 0 Å². The Labute approximate surface area is 149 Å². The Balaban J connectivity index is 1.78. The van der Waals surface area contributed by atoms with Gasteiger partial charge in [0.15, 0.2) is 5.96 Å². The molecule has 2 N–H and O–H groups in total. The molecule has 0 amide bonds. The van der Waals surface area contributed by atoms with Gasteiger partial charge in [0.1, 0.15) is 0 Å². The minimum atomic E-state index is 0.180. The fourth-order valence-electron chi connectivity index (χ4n) is 2.81. The van der Waals surface area contributed by atoms with E-state index < -0.39 is 0 Å². The van der Waals surface area contributed by atoms with Crippen molar-refractivity contribution in [3.63, 3.8) is 0 Å². The molecule has 3 rings (SSSR count). The maximum Gasteiger partial charge on any atom is 0.192 e. The van der Waals surface area contributed by atoms with Crippen LogP contribution in [0.15, 0.2) is 71.9 Å². The summed E-state index contributed by atoms with van der Waals surface area (Å²) in [6.45, 7) is 5.56. The Morgan fingerprint density at radius 2 is 1.80 bits per heavy atom. The predicted molar refractivity (Wildman–Crippen MR) is 105 cm³/mol. The van der Waals surface area contributed by atoms with Crippen molar-refractivity contribution in [2.75, 3.05) is 6.54 Å². The molecule has 0 fully saturated rings. The van der Waals surface area contributed by atoms with Crippen molar-refractivity contribution in [1.82, 2.24) is 15.6 Å². The van der Waals surface area contributed by atoms with Gasteiger partial charge in [-0.3, -0.25) is 4.98 Å². The van der Waals surface area contributed by atoms with Crippen LogP contribution in [-0.2, 0) is 6.54 Å². The van der Waals surface area contributed by atoms with Gasteiger partial charge < -0.3 is 10.6 Å². The van der Waals surface area contributed by atoms with Crippen molar-refractivity contribution in [3.8, 4) is 0 Å². The highest BCUT2D eigenvalue weighted by molar-refractivity contribution is 5.85. The van der Waals surface area contributed by atoms with Crippen molar-refractivity contribution in [1.29, 1.82) is 0 Å². The SMILES string of the molecule is CCNC(=NCc1nccc2ccccc12)NC(C)c1ccccc1. The van der Waals surface area contributed by atoms with Gasteiger partial charge in [-0.15, -0.1) is 0 Å². The number of aliphatic imine (C=N–C) groups is 1. The molecule has 1 aromatic heterocycles. The van der Waals surface area contributed by atoms with Crippen LogP contribution in [0.2, 0.25) is 0 Å². The second-order valence-corrected chi connectivity index (χ2v) is 5.95. The van der Waals surface area contributed by atoms with E-state index in [0.29, 0.717) is 6.54 Å². The number of nitrogens with one attached hydrogen (secondary N) is 2. The highest BCUT2D eigenvalue weighted by Gasteiger charge is 2.08. The van der Waals surface area contributed by atoms with E-state index in [1.165, 1.54) is 10.9 Å². The van der Waals surface area contributed by atoms with Gasteiger partial charge in [-0.05, 0) is 30.9 Å². The normalized spacial score (nSPS) is 12.8. The van der Waals surface area contributed by atoms with Crippen LogP contribution in [0.5, 0.6) is 0 Å². The number of fused-ring (bicyclic) bond motifs is 1. The lowest BCUT2D eigenvalue weighted by Crippen LogP contribution is -2.38. The molecule has 1 atom stereocenters. The van der Waals surface area contributed by atoms with Crippen LogP contribution >= 0.6 is 0 Å². The Bertz CT molecular complexity index is 837. The van der Waals surface area contributed by atoms with Gasteiger partial charge in [0.2, 0.25) is 0 Å². The summed E-state index contributed by atoms with van der Waals surface area (Å²) in [7, 11) is 0. The van der Waals surface area contributed by atoms with Gasteiger partial charge in [-0.1, -0.05) is 54.6 Å². The number of guanidine groups is 1. The molecule has 4 nitrogen and oxygen atoms in total. The maximum absolute atomic E-state index is 4.73. The molecular weight excluding hydrogens is 308 g/mol. The zero-order valence-electron chi connectivity index (χ0n) is 14.7. The molecule has 2 aromatic carbocycles. The molecule has 0 aliphatic heterocycles. The molecule has 3 aromatic rings. The quantitative estimate of drug-likeness (QED) is 0.547. The number of pyridine rings is 1. The first kappa shape index (κ1) is 17.0. The summed E-state index contributed by atoms with van der Waals surface area (Å²) in [5.74, 6) is 0.800. The lowest BCUT2D eigenvalue weighted by atomic mass is 10.1. The van der Waals surface area contributed by atoms with Crippen LogP contribution in [0.4, 0.5) is 0 Å². The number of aromatic nitrogens is 1. The van der Waals surface area contributed by atoms with E-state index in [1.807, 2.05) is 30.5 Å². The van der Waals surface area contributed by atoms with Crippen LogP contribution in [0.1, 0.15) is 31.1 Å². The number of rotatable bonds is 5. The summed E-state index contributed by atoms with van der Waals surface area (Å²) >= 11 is 0. The molecule has 1 unspecified atom stereocenters. The van der Waals surface area contributed by atoms with Crippen molar-refractivity contribution in [2.24, 2.45) is 4.99 Å².